The van der Waals surface area contributed by atoms with Crippen LogP contribution in [0.25, 0.3) is 0 Å². The lowest BCUT2D eigenvalue weighted by atomic mass is 10.1. The molecular formula is C15H23NO4. The fraction of sp³-hybridized carbons (Fsp3) is 0.533. The molecule has 5 nitrogen and oxygen atoms in total. The Bertz CT molecular complexity index is 447. The van der Waals surface area contributed by atoms with Gasteiger partial charge in [-0.25, -0.2) is 0 Å². The SMILES string of the molecule is COCCN(C(=O)c1ccc(O)c(C)c1)C(C)COC. The van der Waals surface area contributed by atoms with Crippen LogP contribution in [0, 0.1) is 6.92 Å². The van der Waals surface area contributed by atoms with E-state index in [1.54, 1.807) is 38.2 Å². The van der Waals surface area contributed by atoms with Gasteiger partial charge in [-0.3, -0.25) is 4.79 Å². The zero-order chi connectivity index (χ0) is 15.1. The van der Waals surface area contributed by atoms with Crippen molar-refractivity contribution in [2.75, 3.05) is 34.0 Å². The summed E-state index contributed by atoms with van der Waals surface area (Å²) < 4.78 is 10.2. The van der Waals surface area contributed by atoms with Gasteiger partial charge in [-0.05, 0) is 37.6 Å². The Morgan fingerprint density at radius 2 is 2.05 bits per heavy atom. The Morgan fingerprint density at radius 1 is 1.35 bits per heavy atom. The highest BCUT2D eigenvalue weighted by molar-refractivity contribution is 5.94. The minimum absolute atomic E-state index is 0.0447. The number of aryl methyl sites for hydroxylation is 1. The molecule has 1 aromatic carbocycles. The second-order valence-corrected chi connectivity index (χ2v) is 4.80. The molecule has 1 N–H and O–H groups in total. The van der Waals surface area contributed by atoms with Gasteiger partial charge in [0.2, 0.25) is 0 Å². The molecule has 0 bridgehead atoms. The van der Waals surface area contributed by atoms with Gasteiger partial charge < -0.3 is 19.5 Å². The second kappa shape index (κ2) is 7.87. The van der Waals surface area contributed by atoms with Crippen LogP contribution in [0.4, 0.5) is 0 Å². The predicted octanol–water partition coefficient (Wildman–Crippen LogP) is 1.82. The lowest BCUT2D eigenvalue weighted by molar-refractivity contribution is 0.0479. The molecule has 0 saturated heterocycles. The summed E-state index contributed by atoms with van der Waals surface area (Å²) in [7, 11) is 3.22. The van der Waals surface area contributed by atoms with Gasteiger partial charge in [-0.1, -0.05) is 0 Å². The monoisotopic (exact) mass is 281 g/mol. The number of methoxy groups -OCH3 is 2. The lowest BCUT2D eigenvalue weighted by Crippen LogP contribution is -2.43. The topological polar surface area (TPSA) is 59.0 Å². The van der Waals surface area contributed by atoms with Crippen molar-refractivity contribution in [1.29, 1.82) is 0 Å². The summed E-state index contributed by atoms with van der Waals surface area (Å²) in [5.74, 6) is 0.102. The minimum atomic E-state index is -0.0882. The van der Waals surface area contributed by atoms with Crippen molar-refractivity contribution in [3.63, 3.8) is 0 Å². The van der Waals surface area contributed by atoms with E-state index in [1.807, 2.05) is 6.92 Å². The number of ether oxygens (including phenoxy) is 2. The summed E-state index contributed by atoms with van der Waals surface area (Å²) in [6.45, 7) is 5.14. The average molecular weight is 281 g/mol. The van der Waals surface area contributed by atoms with Crippen molar-refractivity contribution in [2.45, 2.75) is 19.9 Å². The van der Waals surface area contributed by atoms with Gasteiger partial charge in [-0.2, -0.15) is 0 Å². The molecular weight excluding hydrogens is 258 g/mol. The molecule has 1 unspecified atom stereocenters. The Kier molecular flexibility index (Phi) is 6.48. The van der Waals surface area contributed by atoms with E-state index in [1.165, 1.54) is 6.07 Å². The molecule has 5 heteroatoms. The summed E-state index contributed by atoms with van der Waals surface area (Å²) in [4.78, 5) is 14.3. The summed E-state index contributed by atoms with van der Waals surface area (Å²) in [5, 5.41) is 9.53. The molecule has 1 atom stereocenters. The molecule has 0 fully saturated rings. The third kappa shape index (κ3) is 4.21. The molecule has 1 rings (SSSR count). The van der Waals surface area contributed by atoms with Crippen molar-refractivity contribution in [2.24, 2.45) is 0 Å². The van der Waals surface area contributed by atoms with Gasteiger partial charge in [0.15, 0.2) is 0 Å². The molecule has 0 spiro atoms. The molecule has 0 radical (unpaired) electrons. The van der Waals surface area contributed by atoms with E-state index in [-0.39, 0.29) is 17.7 Å². The molecule has 0 aliphatic rings. The van der Waals surface area contributed by atoms with E-state index < -0.39 is 0 Å². The number of amides is 1. The number of rotatable bonds is 7. The first-order valence-corrected chi connectivity index (χ1v) is 6.59. The van der Waals surface area contributed by atoms with Crippen LogP contribution < -0.4 is 0 Å². The Morgan fingerprint density at radius 3 is 2.60 bits per heavy atom. The highest BCUT2D eigenvalue weighted by Crippen LogP contribution is 2.19. The normalized spacial score (nSPS) is 12.2. The van der Waals surface area contributed by atoms with Crippen LogP contribution in [-0.2, 0) is 9.47 Å². The van der Waals surface area contributed by atoms with Gasteiger partial charge in [0.25, 0.3) is 5.91 Å². The van der Waals surface area contributed by atoms with Crippen LogP contribution in [0.15, 0.2) is 18.2 Å². The summed E-state index contributed by atoms with van der Waals surface area (Å²) in [5.41, 5.74) is 1.24. The number of phenolic OH excluding ortho intramolecular Hbond substituents is 1. The van der Waals surface area contributed by atoms with Crippen molar-refractivity contribution in [3.8, 4) is 5.75 Å². The van der Waals surface area contributed by atoms with E-state index >= 15 is 0 Å². The molecule has 1 amide bonds. The van der Waals surface area contributed by atoms with Crippen molar-refractivity contribution >= 4 is 5.91 Å². The number of phenols is 1. The van der Waals surface area contributed by atoms with Crippen LogP contribution in [0.3, 0.4) is 0 Å². The first-order valence-electron chi connectivity index (χ1n) is 6.59. The number of hydrogen-bond donors (Lipinski definition) is 1. The molecule has 0 aliphatic carbocycles. The number of nitrogens with zero attached hydrogens (tertiary/aromatic N) is 1. The number of hydrogen-bond acceptors (Lipinski definition) is 4. The van der Waals surface area contributed by atoms with E-state index in [0.29, 0.717) is 30.9 Å². The maximum Gasteiger partial charge on any atom is 0.254 e. The first kappa shape index (κ1) is 16.5. The summed E-state index contributed by atoms with van der Waals surface area (Å²) >= 11 is 0. The standard InChI is InChI=1S/C15H23NO4/c1-11-9-13(5-6-14(11)17)15(18)16(7-8-19-3)12(2)10-20-4/h5-6,9,12,17H,7-8,10H2,1-4H3. The lowest BCUT2D eigenvalue weighted by Gasteiger charge is -2.29. The quantitative estimate of drug-likeness (QED) is 0.828. The van der Waals surface area contributed by atoms with Crippen LogP contribution in [0.5, 0.6) is 5.75 Å². The molecule has 112 valence electrons. The van der Waals surface area contributed by atoms with Gasteiger partial charge >= 0.3 is 0 Å². The van der Waals surface area contributed by atoms with E-state index in [4.69, 9.17) is 9.47 Å². The van der Waals surface area contributed by atoms with Crippen molar-refractivity contribution in [3.05, 3.63) is 29.3 Å². The van der Waals surface area contributed by atoms with E-state index in [0.717, 1.165) is 0 Å². The average Bonchev–Trinajstić information content (AvgIpc) is 2.42. The number of aromatic hydroxyl groups is 1. The minimum Gasteiger partial charge on any atom is -0.508 e. The van der Waals surface area contributed by atoms with Gasteiger partial charge in [-0.15, -0.1) is 0 Å². The van der Waals surface area contributed by atoms with Crippen LogP contribution in [-0.4, -0.2) is 55.9 Å². The molecule has 0 aliphatic heterocycles. The first-order chi connectivity index (χ1) is 9.51. The fourth-order valence-electron chi connectivity index (χ4n) is 2.00. The highest BCUT2D eigenvalue weighted by atomic mass is 16.5. The zero-order valence-corrected chi connectivity index (χ0v) is 12.5. The van der Waals surface area contributed by atoms with Gasteiger partial charge in [0.05, 0.1) is 19.3 Å². The molecule has 0 heterocycles. The molecule has 0 saturated carbocycles. The van der Waals surface area contributed by atoms with Crippen LogP contribution in [0.1, 0.15) is 22.8 Å². The zero-order valence-electron chi connectivity index (χ0n) is 12.5. The Labute approximate surface area is 120 Å². The van der Waals surface area contributed by atoms with E-state index in [9.17, 15) is 9.90 Å². The maximum absolute atomic E-state index is 12.6. The number of carbonyl (C=O) groups excluding carboxylic acids is 1. The second-order valence-electron chi connectivity index (χ2n) is 4.80. The van der Waals surface area contributed by atoms with Crippen molar-refractivity contribution < 1.29 is 19.4 Å². The highest BCUT2D eigenvalue weighted by Gasteiger charge is 2.21. The third-order valence-corrected chi connectivity index (χ3v) is 3.18. The maximum atomic E-state index is 12.6. The fourth-order valence-corrected chi connectivity index (χ4v) is 2.00. The van der Waals surface area contributed by atoms with Crippen molar-refractivity contribution in [1.82, 2.24) is 4.90 Å². The largest absolute Gasteiger partial charge is 0.508 e. The van der Waals surface area contributed by atoms with Crippen LogP contribution in [0.2, 0.25) is 0 Å². The van der Waals surface area contributed by atoms with E-state index in [2.05, 4.69) is 0 Å². The summed E-state index contributed by atoms with van der Waals surface area (Å²) in [6.07, 6.45) is 0. The summed E-state index contributed by atoms with van der Waals surface area (Å²) in [6, 6.07) is 4.82. The number of carbonyl (C=O) groups is 1. The van der Waals surface area contributed by atoms with Crippen LogP contribution >= 0.6 is 0 Å². The Balaban J connectivity index is 2.93. The predicted molar refractivity (Wildman–Crippen MR) is 77.1 cm³/mol. The Hall–Kier alpha value is -1.59. The van der Waals surface area contributed by atoms with Gasteiger partial charge in [0.1, 0.15) is 5.75 Å². The molecule has 1 aromatic rings. The third-order valence-electron chi connectivity index (χ3n) is 3.18. The number of benzene rings is 1. The smallest absolute Gasteiger partial charge is 0.254 e. The van der Waals surface area contributed by atoms with Gasteiger partial charge in [0, 0.05) is 26.3 Å². The molecule has 0 aromatic heterocycles. The molecule has 20 heavy (non-hydrogen) atoms.